The Kier molecular flexibility index (Phi) is 3.60. The molecule has 0 aliphatic rings. The fourth-order valence-corrected chi connectivity index (χ4v) is 1.52. The Bertz CT molecular complexity index is 678. The lowest BCUT2D eigenvalue weighted by Gasteiger charge is -2.09. The van der Waals surface area contributed by atoms with Gasteiger partial charge in [-0.2, -0.15) is 13.2 Å². The molecule has 7 heteroatoms. The number of carbonyl (C=O) groups is 1. The van der Waals surface area contributed by atoms with Crippen LogP contribution in [0.2, 0.25) is 0 Å². The molecule has 0 aliphatic carbocycles. The van der Waals surface area contributed by atoms with Crippen molar-refractivity contribution in [1.29, 1.82) is 0 Å². The van der Waals surface area contributed by atoms with Crippen LogP contribution < -0.4 is 10.9 Å². The average molecular weight is 282 g/mol. The van der Waals surface area contributed by atoms with Gasteiger partial charge in [0.15, 0.2) is 0 Å². The molecule has 0 aliphatic heterocycles. The number of aromatic nitrogens is 1. The van der Waals surface area contributed by atoms with Gasteiger partial charge in [-0.15, -0.1) is 0 Å². The minimum atomic E-state index is -4.60. The molecule has 0 fully saturated rings. The number of hydrogen-bond donors (Lipinski definition) is 2. The lowest BCUT2D eigenvalue weighted by Crippen LogP contribution is -2.21. The third-order valence-electron chi connectivity index (χ3n) is 2.51. The van der Waals surface area contributed by atoms with Crippen LogP contribution in [-0.4, -0.2) is 10.9 Å². The van der Waals surface area contributed by atoms with E-state index in [0.717, 1.165) is 0 Å². The van der Waals surface area contributed by atoms with E-state index < -0.39 is 28.9 Å². The van der Waals surface area contributed by atoms with Gasteiger partial charge in [0.1, 0.15) is 5.69 Å². The first-order chi connectivity index (χ1) is 9.38. The van der Waals surface area contributed by atoms with E-state index in [1.54, 1.807) is 18.2 Å². The summed E-state index contributed by atoms with van der Waals surface area (Å²) in [6.07, 6.45) is -4.04. The SMILES string of the molecule is O=C(Nc1cc(C(F)(F)F)c[nH]c1=O)c1ccccc1. The number of aromatic amines is 1. The summed E-state index contributed by atoms with van der Waals surface area (Å²) in [5, 5.41) is 2.16. The molecule has 1 heterocycles. The number of nitrogens with one attached hydrogen (secondary N) is 2. The largest absolute Gasteiger partial charge is 0.417 e. The van der Waals surface area contributed by atoms with Crippen molar-refractivity contribution in [3.05, 3.63) is 64.1 Å². The summed E-state index contributed by atoms with van der Waals surface area (Å²) < 4.78 is 37.6. The summed E-state index contributed by atoms with van der Waals surface area (Å²) >= 11 is 0. The van der Waals surface area contributed by atoms with Crippen molar-refractivity contribution < 1.29 is 18.0 Å². The summed E-state index contributed by atoms with van der Waals surface area (Å²) in [5.74, 6) is -0.657. The highest BCUT2D eigenvalue weighted by atomic mass is 19.4. The molecule has 1 amide bonds. The van der Waals surface area contributed by atoms with Gasteiger partial charge in [0.2, 0.25) is 0 Å². The van der Waals surface area contributed by atoms with Crippen LogP contribution in [0.1, 0.15) is 15.9 Å². The standard InChI is InChI=1S/C13H9F3N2O2/c14-13(15,16)9-6-10(12(20)17-7-9)18-11(19)8-4-2-1-3-5-8/h1-7H,(H,17,20)(H,18,19). The molecule has 2 rings (SSSR count). The molecule has 0 saturated carbocycles. The van der Waals surface area contributed by atoms with Crippen molar-refractivity contribution in [2.24, 2.45) is 0 Å². The van der Waals surface area contributed by atoms with Gasteiger partial charge in [-0.3, -0.25) is 9.59 Å². The lowest BCUT2D eigenvalue weighted by atomic mass is 10.2. The van der Waals surface area contributed by atoms with E-state index in [4.69, 9.17) is 0 Å². The van der Waals surface area contributed by atoms with Crippen molar-refractivity contribution in [3.63, 3.8) is 0 Å². The first-order valence-electron chi connectivity index (χ1n) is 5.54. The van der Waals surface area contributed by atoms with E-state index in [2.05, 4.69) is 5.32 Å². The van der Waals surface area contributed by atoms with Crippen LogP contribution in [-0.2, 0) is 6.18 Å². The predicted molar refractivity (Wildman–Crippen MR) is 66.5 cm³/mol. The third kappa shape index (κ3) is 3.05. The maximum Gasteiger partial charge on any atom is 0.417 e. The summed E-state index contributed by atoms with van der Waals surface area (Å²) in [6, 6.07) is 8.46. The summed E-state index contributed by atoms with van der Waals surface area (Å²) in [6.45, 7) is 0. The zero-order chi connectivity index (χ0) is 14.8. The van der Waals surface area contributed by atoms with Crippen molar-refractivity contribution >= 4 is 11.6 Å². The average Bonchev–Trinajstić information content (AvgIpc) is 2.41. The normalized spacial score (nSPS) is 11.2. The number of amides is 1. The number of hydrogen-bond acceptors (Lipinski definition) is 2. The number of H-pyrrole nitrogens is 1. The van der Waals surface area contributed by atoms with E-state index in [1.807, 2.05) is 4.98 Å². The zero-order valence-corrected chi connectivity index (χ0v) is 9.99. The number of alkyl halides is 3. The van der Waals surface area contributed by atoms with Gasteiger partial charge in [-0.05, 0) is 18.2 Å². The number of rotatable bonds is 2. The van der Waals surface area contributed by atoms with Gasteiger partial charge in [0.05, 0.1) is 5.56 Å². The van der Waals surface area contributed by atoms with Gasteiger partial charge in [-0.25, -0.2) is 0 Å². The van der Waals surface area contributed by atoms with E-state index in [9.17, 15) is 22.8 Å². The van der Waals surface area contributed by atoms with E-state index in [1.165, 1.54) is 12.1 Å². The molecule has 1 aromatic heterocycles. The second kappa shape index (κ2) is 5.20. The third-order valence-corrected chi connectivity index (χ3v) is 2.51. The van der Waals surface area contributed by atoms with E-state index >= 15 is 0 Å². The Morgan fingerprint density at radius 3 is 2.40 bits per heavy atom. The van der Waals surface area contributed by atoms with Gasteiger partial charge in [0, 0.05) is 11.8 Å². The van der Waals surface area contributed by atoms with Gasteiger partial charge >= 0.3 is 6.18 Å². The molecule has 0 unspecified atom stereocenters. The molecular weight excluding hydrogens is 273 g/mol. The number of benzene rings is 1. The van der Waals surface area contributed by atoms with Crippen molar-refractivity contribution in [3.8, 4) is 0 Å². The smallest absolute Gasteiger partial charge is 0.327 e. The second-order valence-electron chi connectivity index (χ2n) is 3.95. The van der Waals surface area contributed by atoms with Crippen LogP contribution in [0.15, 0.2) is 47.4 Å². The molecule has 4 nitrogen and oxygen atoms in total. The van der Waals surface area contributed by atoms with E-state index in [0.29, 0.717) is 12.3 Å². The summed E-state index contributed by atoms with van der Waals surface area (Å²) in [4.78, 5) is 25.2. The van der Waals surface area contributed by atoms with E-state index in [-0.39, 0.29) is 5.56 Å². The Balaban J connectivity index is 2.30. The van der Waals surface area contributed by atoms with Crippen LogP contribution in [0, 0.1) is 0 Å². The Morgan fingerprint density at radius 2 is 1.80 bits per heavy atom. The highest BCUT2D eigenvalue weighted by molar-refractivity contribution is 6.04. The lowest BCUT2D eigenvalue weighted by molar-refractivity contribution is -0.137. The Labute approximate surface area is 111 Å². The number of anilines is 1. The Hall–Kier alpha value is -2.57. The molecule has 104 valence electrons. The van der Waals surface area contributed by atoms with Crippen LogP contribution in [0.3, 0.4) is 0 Å². The highest BCUT2D eigenvalue weighted by Crippen LogP contribution is 2.29. The van der Waals surface area contributed by atoms with Gasteiger partial charge < -0.3 is 10.3 Å². The predicted octanol–water partition coefficient (Wildman–Crippen LogP) is 2.65. The van der Waals surface area contributed by atoms with Gasteiger partial charge in [0.25, 0.3) is 11.5 Å². The van der Waals surface area contributed by atoms with Crippen LogP contribution >= 0.6 is 0 Å². The fraction of sp³-hybridized carbons (Fsp3) is 0.0769. The molecular formula is C13H9F3N2O2. The van der Waals surface area contributed by atoms with Crippen LogP contribution in [0.25, 0.3) is 0 Å². The summed E-state index contributed by atoms with van der Waals surface area (Å²) in [5.41, 5.74) is -2.05. The summed E-state index contributed by atoms with van der Waals surface area (Å²) in [7, 11) is 0. The molecule has 20 heavy (non-hydrogen) atoms. The maximum atomic E-state index is 12.5. The molecule has 0 radical (unpaired) electrons. The monoisotopic (exact) mass is 282 g/mol. The molecule has 2 aromatic rings. The fourth-order valence-electron chi connectivity index (χ4n) is 1.52. The quantitative estimate of drug-likeness (QED) is 0.889. The molecule has 0 spiro atoms. The minimum Gasteiger partial charge on any atom is -0.327 e. The Morgan fingerprint density at radius 1 is 1.15 bits per heavy atom. The minimum absolute atomic E-state index is 0.240. The molecule has 0 saturated heterocycles. The zero-order valence-electron chi connectivity index (χ0n) is 9.99. The molecule has 1 aromatic carbocycles. The topological polar surface area (TPSA) is 62.0 Å². The maximum absolute atomic E-state index is 12.5. The van der Waals surface area contributed by atoms with Crippen LogP contribution in [0.5, 0.6) is 0 Å². The number of halogens is 3. The van der Waals surface area contributed by atoms with Crippen LogP contribution in [0.4, 0.5) is 18.9 Å². The highest BCUT2D eigenvalue weighted by Gasteiger charge is 2.31. The first-order valence-corrected chi connectivity index (χ1v) is 5.54. The second-order valence-corrected chi connectivity index (χ2v) is 3.95. The molecule has 2 N–H and O–H groups in total. The molecule has 0 bridgehead atoms. The van der Waals surface area contributed by atoms with Crippen molar-refractivity contribution in [2.45, 2.75) is 6.18 Å². The number of pyridine rings is 1. The number of carbonyl (C=O) groups excluding carboxylic acids is 1. The van der Waals surface area contributed by atoms with Crippen molar-refractivity contribution in [2.75, 3.05) is 5.32 Å². The van der Waals surface area contributed by atoms with Crippen molar-refractivity contribution in [1.82, 2.24) is 4.98 Å². The first kappa shape index (κ1) is 13.9. The van der Waals surface area contributed by atoms with Gasteiger partial charge in [-0.1, -0.05) is 18.2 Å². The molecule has 0 atom stereocenters.